The number of anilines is 1. The van der Waals surface area contributed by atoms with E-state index in [0.29, 0.717) is 13.0 Å². The first-order valence-electron chi connectivity index (χ1n) is 9.78. The average Bonchev–Trinajstić information content (AvgIpc) is 2.68. The van der Waals surface area contributed by atoms with Gasteiger partial charge in [0.2, 0.25) is 5.91 Å². The van der Waals surface area contributed by atoms with Gasteiger partial charge in [-0.3, -0.25) is 23.0 Å². The number of rotatable bonds is 5. The van der Waals surface area contributed by atoms with Crippen LogP contribution in [0.4, 0.5) is 5.82 Å². The van der Waals surface area contributed by atoms with Crippen LogP contribution < -0.4 is 14.9 Å². The maximum atomic E-state index is 12.5. The second-order valence-corrected chi connectivity index (χ2v) is 10.4. The van der Waals surface area contributed by atoms with E-state index >= 15 is 0 Å². The maximum Gasteiger partial charge on any atom is 0.274 e. The van der Waals surface area contributed by atoms with Crippen molar-refractivity contribution in [3.8, 4) is 5.75 Å². The molecule has 162 valence electrons. The number of hydrogen-bond acceptors (Lipinski definition) is 7. The van der Waals surface area contributed by atoms with Crippen LogP contribution in [-0.2, 0) is 4.79 Å². The summed E-state index contributed by atoms with van der Waals surface area (Å²) in [7, 11) is -3.02. The first-order chi connectivity index (χ1) is 13.8. The number of pyridine rings is 1. The van der Waals surface area contributed by atoms with Crippen molar-refractivity contribution in [3.63, 3.8) is 0 Å². The lowest BCUT2D eigenvalue weighted by Crippen LogP contribution is -2.43. The Morgan fingerprint density at radius 1 is 1.21 bits per heavy atom. The minimum atomic E-state index is -3.02. The lowest BCUT2D eigenvalue weighted by atomic mass is 9.95. The van der Waals surface area contributed by atoms with E-state index in [9.17, 15) is 23.8 Å². The van der Waals surface area contributed by atoms with Gasteiger partial charge in [0.15, 0.2) is 11.4 Å². The van der Waals surface area contributed by atoms with Crippen molar-refractivity contribution in [1.82, 2.24) is 15.6 Å². The topological polar surface area (TPSA) is 135 Å². The third-order valence-electron chi connectivity index (χ3n) is 5.17. The Kier molecular flexibility index (Phi) is 7.25. The molecule has 9 nitrogen and oxygen atoms in total. The van der Waals surface area contributed by atoms with Crippen LogP contribution in [0.2, 0.25) is 0 Å². The largest absolute Gasteiger partial charge is 0.504 e. The summed E-state index contributed by atoms with van der Waals surface area (Å²) in [5, 5.41) is 15.6. The molecule has 2 heterocycles. The van der Waals surface area contributed by atoms with E-state index in [0.717, 1.165) is 32.1 Å². The molecule has 0 radical (unpaired) electrons. The van der Waals surface area contributed by atoms with Gasteiger partial charge in [-0.1, -0.05) is 19.3 Å². The third kappa shape index (κ3) is 5.53. The van der Waals surface area contributed by atoms with Gasteiger partial charge in [0.1, 0.15) is 5.82 Å². The van der Waals surface area contributed by atoms with Gasteiger partial charge in [0, 0.05) is 18.7 Å². The molecule has 0 unspecified atom stereocenters. The van der Waals surface area contributed by atoms with Crippen LogP contribution in [0.3, 0.4) is 0 Å². The number of hydrogen-bond donors (Lipinski definition) is 5. The van der Waals surface area contributed by atoms with Gasteiger partial charge in [-0.2, -0.15) is 0 Å². The summed E-state index contributed by atoms with van der Waals surface area (Å²) in [6.45, 7) is 0.161. The second kappa shape index (κ2) is 9.50. The molecule has 0 atom stereocenters. The highest BCUT2D eigenvalue weighted by Crippen LogP contribution is 2.49. The molecule has 2 fully saturated rings. The molecule has 0 spiro atoms. The second-order valence-electron chi connectivity index (χ2n) is 7.39. The van der Waals surface area contributed by atoms with Crippen molar-refractivity contribution in [2.75, 3.05) is 23.1 Å². The summed E-state index contributed by atoms with van der Waals surface area (Å²) in [5.41, 5.74) is -0.277. The van der Waals surface area contributed by atoms with Crippen LogP contribution in [0.5, 0.6) is 5.75 Å². The minimum Gasteiger partial charge on any atom is -0.504 e. The zero-order valence-corrected chi connectivity index (χ0v) is 18.5. The molecule has 1 aromatic heterocycles. The number of nitrogens with zero attached hydrogens (tertiary/aromatic N) is 2. The molecule has 1 aromatic rings. The van der Waals surface area contributed by atoms with Gasteiger partial charge in [0.25, 0.3) is 5.91 Å². The molecule has 5 N–H and O–H groups in total. The number of aromatic hydroxyl groups is 1. The van der Waals surface area contributed by atoms with Gasteiger partial charge in [0.05, 0.1) is 16.8 Å². The summed E-state index contributed by atoms with van der Waals surface area (Å²) in [5.74, 6) is -0.947. The van der Waals surface area contributed by atoms with Gasteiger partial charge in [-0.25, -0.2) is 4.98 Å². The number of amides is 2. The average molecular weight is 491 g/mol. The molecule has 1 aliphatic carbocycles. The SMILES string of the molecule is O=C(CNC(=O)c1nc(N2CCCCS2(O)O)cc(Br)c1O)NC1CCCCC1. The van der Waals surface area contributed by atoms with E-state index in [2.05, 4.69) is 31.5 Å². The first kappa shape index (κ1) is 22.1. The molecule has 1 saturated carbocycles. The number of nitrogens with one attached hydrogen (secondary N) is 2. The molecule has 3 rings (SSSR count). The van der Waals surface area contributed by atoms with E-state index in [1.807, 2.05) is 0 Å². The zero-order valence-electron chi connectivity index (χ0n) is 16.1. The summed E-state index contributed by atoms with van der Waals surface area (Å²) >= 11 is 3.19. The van der Waals surface area contributed by atoms with Crippen LogP contribution in [0.1, 0.15) is 55.4 Å². The highest BCUT2D eigenvalue weighted by Gasteiger charge is 2.30. The van der Waals surface area contributed by atoms with Crippen molar-refractivity contribution < 1.29 is 23.8 Å². The maximum absolute atomic E-state index is 12.5. The van der Waals surface area contributed by atoms with E-state index < -0.39 is 16.7 Å². The quantitative estimate of drug-likeness (QED) is 0.427. The lowest BCUT2D eigenvalue weighted by Gasteiger charge is -2.46. The Hall–Kier alpha value is -1.56. The third-order valence-corrected chi connectivity index (χ3v) is 7.68. The summed E-state index contributed by atoms with van der Waals surface area (Å²) < 4.78 is 22.2. The number of halogens is 1. The summed E-state index contributed by atoms with van der Waals surface area (Å²) in [4.78, 5) is 28.8. The molecule has 2 aliphatic rings. The van der Waals surface area contributed by atoms with E-state index in [1.54, 1.807) is 0 Å². The van der Waals surface area contributed by atoms with Crippen molar-refractivity contribution in [3.05, 3.63) is 16.2 Å². The Morgan fingerprint density at radius 3 is 2.62 bits per heavy atom. The zero-order chi connectivity index (χ0) is 21.0. The van der Waals surface area contributed by atoms with Crippen molar-refractivity contribution in [2.45, 2.75) is 51.0 Å². The molecule has 0 aromatic carbocycles. The van der Waals surface area contributed by atoms with Crippen LogP contribution in [-0.4, -0.2) is 55.9 Å². The fraction of sp³-hybridized carbons (Fsp3) is 0.611. The highest BCUT2D eigenvalue weighted by molar-refractivity contribution is 9.10. The lowest BCUT2D eigenvalue weighted by molar-refractivity contribution is -0.121. The van der Waals surface area contributed by atoms with Crippen LogP contribution in [0.15, 0.2) is 10.5 Å². The Morgan fingerprint density at radius 2 is 1.93 bits per heavy atom. The van der Waals surface area contributed by atoms with Crippen molar-refractivity contribution >= 4 is 44.3 Å². The summed E-state index contributed by atoms with van der Waals surface area (Å²) in [6, 6.07) is 1.59. The predicted octanol–water partition coefficient (Wildman–Crippen LogP) is 2.99. The van der Waals surface area contributed by atoms with Crippen LogP contribution in [0, 0.1) is 0 Å². The van der Waals surface area contributed by atoms with Crippen LogP contribution in [0.25, 0.3) is 0 Å². The fourth-order valence-electron chi connectivity index (χ4n) is 3.62. The highest BCUT2D eigenvalue weighted by atomic mass is 79.9. The van der Waals surface area contributed by atoms with Gasteiger partial charge >= 0.3 is 0 Å². The molecule has 2 amide bonds. The van der Waals surface area contributed by atoms with Gasteiger partial charge in [-0.05, 0) is 41.6 Å². The fourth-order valence-corrected chi connectivity index (χ4v) is 5.64. The van der Waals surface area contributed by atoms with E-state index in [4.69, 9.17) is 0 Å². The van der Waals surface area contributed by atoms with Gasteiger partial charge in [-0.15, -0.1) is 10.8 Å². The predicted molar refractivity (Wildman–Crippen MR) is 115 cm³/mol. The molecule has 29 heavy (non-hydrogen) atoms. The number of aromatic nitrogens is 1. The molecular weight excluding hydrogens is 464 g/mol. The summed E-state index contributed by atoms with van der Waals surface area (Å²) in [6.07, 6.45) is 6.71. The van der Waals surface area contributed by atoms with E-state index in [1.165, 1.54) is 16.8 Å². The molecular formula is C18H27BrN4O5S. The van der Waals surface area contributed by atoms with E-state index in [-0.39, 0.29) is 46.0 Å². The smallest absolute Gasteiger partial charge is 0.274 e. The number of carbonyl (C=O) groups is 2. The normalized spacial score (nSPS) is 20.7. The molecule has 0 bridgehead atoms. The molecule has 11 heteroatoms. The Bertz CT molecular complexity index is 773. The van der Waals surface area contributed by atoms with Crippen molar-refractivity contribution in [2.24, 2.45) is 0 Å². The first-order valence-corrected chi connectivity index (χ1v) is 12.2. The Labute approximate surface area is 179 Å². The standard InChI is InChI=1S/C18H27BrN4O5S/c19-13-10-14(23-8-4-5-9-29(23,27)28)22-16(17(13)25)18(26)20-11-15(24)21-12-6-2-1-3-7-12/h10,12,25,27-28H,1-9,11H2,(H,20,26)(H,21,24). The van der Waals surface area contributed by atoms with Crippen molar-refractivity contribution in [1.29, 1.82) is 0 Å². The van der Waals surface area contributed by atoms with Crippen LogP contribution >= 0.6 is 26.7 Å². The monoisotopic (exact) mass is 490 g/mol. The number of carbonyl (C=O) groups excluding carboxylic acids is 2. The van der Waals surface area contributed by atoms with Gasteiger partial charge < -0.3 is 15.7 Å². The minimum absolute atomic E-state index is 0.140. The Balaban J connectivity index is 1.68. The molecule has 1 saturated heterocycles. The molecule has 1 aliphatic heterocycles.